The summed E-state index contributed by atoms with van der Waals surface area (Å²) in [5, 5.41) is 0. The van der Waals surface area contributed by atoms with Gasteiger partial charge in [-0.15, -0.1) is 0 Å². The lowest BCUT2D eigenvalue weighted by Crippen LogP contribution is -2.37. The molecule has 2 N–H and O–H groups in total. The van der Waals surface area contributed by atoms with Crippen molar-refractivity contribution < 1.29 is 4.74 Å². The number of hydrogen-bond donors (Lipinski definition) is 1. The molecule has 0 amide bonds. The van der Waals surface area contributed by atoms with Gasteiger partial charge < -0.3 is 15.4 Å². The number of nitrogens with two attached hydrogens (primary N) is 1. The van der Waals surface area contributed by atoms with Gasteiger partial charge in [0.15, 0.2) is 0 Å². The van der Waals surface area contributed by atoms with E-state index in [0.29, 0.717) is 0 Å². The number of nitrogens with zero attached hydrogens (tertiary/aromatic N) is 1. The highest BCUT2D eigenvalue weighted by Crippen LogP contribution is 2.43. The minimum absolute atomic E-state index is 0.123. The molecule has 1 fully saturated rings. The molecule has 0 spiro atoms. The standard InChI is InChI=1S/C18H30N2O/c1-20(2)12-9-15-7-8-17(21-3)16(13-15)18(14-19)10-5-4-6-11-18/h7-8,13H,4-6,9-12,14,19H2,1-3H3. The summed E-state index contributed by atoms with van der Waals surface area (Å²) in [7, 11) is 6.01. The van der Waals surface area contributed by atoms with E-state index in [9.17, 15) is 0 Å². The Labute approximate surface area is 129 Å². The second-order valence-electron chi connectivity index (χ2n) is 6.63. The Morgan fingerprint density at radius 1 is 1.19 bits per heavy atom. The summed E-state index contributed by atoms with van der Waals surface area (Å²) >= 11 is 0. The van der Waals surface area contributed by atoms with E-state index in [0.717, 1.165) is 25.3 Å². The van der Waals surface area contributed by atoms with E-state index in [1.165, 1.54) is 43.2 Å². The summed E-state index contributed by atoms with van der Waals surface area (Å²) in [6.45, 7) is 1.79. The van der Waals surface area contributed by atoms with Crippen LogP contribution >= 0.6 is 0 Å². The zero-order valence-corrected chi connectivity index (χ0v) is 13.8. The Kier molecular flexibility index (Phi) is 5.65. The molecule has 21 heavy (non-hydrogen) atoms. The normalized spacial score (nSPS) is 18.0. The Hall–Kier alpha value is -1.06. The monoisotopic (exact) mass is 290 g/mol. The molecule has 3 heteroatoms. The molecule has 1 aromatic rings. The fourth-order valence-electron chi connectivity index (χ4n) is 3.49. The van der Waals surface area contributed by atoms with Gasteiger partial charge in [-0.25, -0.2) is 0 Å². The summed E-state index contributed by atoms with van der Waals surface area (Å²) in [5.74, 6) is 1.01. The summed E-state index contributed by atoms with van der Waals surface area (Å²) in [4.78, 5) is 2.23. The Morgan fingerprint density at radius 2 is 1.90 bits per heavy atom. The summed E-state index contributed by atoms with van der Waals surface area (Å²) < 4.78 is 5.64. The number of likely N-dealkylation sites (N-methyl/N-ethyl adjacent to an activating group) is 1. The van der Waals surface area contributed by atoms with E-state index in [4.69, 9.17) is 10.5 Å². The molecule has 1 aliphatic rings. The Morgan fingerprint density at radius 3 is 2.48 bits per heavy atom. The van der Waals surface area contributed by atoms with Crippen molar-refractivity contribution in [1.82, 2.24) is 4.90 Å². The molecule has 1 aromatic carbocycles. The van der Waals surface area contributed by atoms with Crippen LogP contribution in [0.5, 0.6) is 5.75 Å². The first kappa shape index (κ1) is 16.3. The molecule has 1 saturated carbocycles. The molecule has 0 radical (unpaired) electrons. The zero-order chi connectivity index (χ0) is 15.3. The summed E-state index contributed by atoms with van der Waals surface area (Å²) in [5.41, 5.74) is 9.05. The van der Waals surface area contributed by atoms with Crippen LogP contribution in [0.15, 0.2) is 18.2 Å². The molecule has 0 aromatic heterocycles. The minimum Gasteiger partial charge on any atom is -0.496 e. The zero-order valence-electron chi connectivity index (χ0n) is 13.8. The minimum atomic E-state index is 0.123. The average molecular weight is 290 g/mol. The molecule has 0 aliphatic heterocycles. The van der Waals surface area contributed by atoms with Crippen LogP contribution < -0.4 is 10.5 Å². The highest BCUT2D eigenvalue weighted by Gasteiger charge is 2.35. The third-order valence-electron chi connectivity index (χ3n) is 4.88. The Bertz CT molecular complexity index is 451. The van der Waals surface area contributed by atoms with E-state index in [-0.39, 0.29) is 5.41 Å². The van der Waals surface area contributed by atoms with Crippen LogP contribution in [0, 0.1) is 0 Å². The van der Waals surface area contributed by atoms with Gasteiger partial charge in [0.05, 0.1) is 7.11 Å². The summed E-state index contributed by atoms with van der Waals surface area (Å²) in [6.07, 6.45) is 7.35. The van der Waals surface area contributed by atoms with Gasteiger partial charge in [0.25, 0.3) is 0 Å². The van der Waals surface area contributed by atoms with Crippen molar-refractivity contribution in [1.29, 1.82) is 0 Å². The van der Waals surface area contributed by atoms with Gasteiger partial charge in [-0.3, -0.25) is 0 Å². The quantitative estimate of drug-likeness (QED) is 0.875. The first-order valence-corrected chi connectivity index (χ1v) is 8.13. The molecular weight excluding hydrogens is 260 g/mol. The third-order valence-corrected chi connectivity index (χ3v) is 4.88. The largest absolute Gasteiger partial charge is 0.496 e. The van der Waals surface area contributed by atoms with Crippen LogP contribution in [-0.4, -0.2) is 39.2 Å². The van der Waals surface area contributed by atoms with Crippen molar-refractivity contribution in [3.05, 3.63) is 29.3 Å². The molecule has 0 unspecified atom stereocenters. The van der Waals surface area contributed by atoms with Crippen molar-refractivity contribution in [3.63, 3.8) is 0 Å². The van der Waals surface area contributed by atoms with Crippen LogP contribution in [0.4, 0.5) is 0 Å². The van der Waals surface area contributed by atoms with Gasteiger partial charge in [-0.2, -0.15) is 0 Å². The van der Waals surface area contributed by atoms with Gasteiger partial charge in [-0.1, -0.05) is 31.4 Å². The maximum atomic E-state index is 6.20. The van der Waals surface area contributed by atoms with Crippen molar-refractivity contribution in [2.24, 2.45) is 5.73 Å². The van der Waals surface area contributed by atoms with Crippen molar-refractivity contribution in [2.45, 2.75) is 43.9 Å². The van der Waals surface area contributed by atoms with E-state index < -0.39 is 0 Å². The fraction of sp³-hybridized carbons (Fsp3) is 0.667. The fourth-order valence-corrected chi connectivity index (χ4v) is 3.49. The number of methoxy groups -OCH3 is 1. The smallest absolute Gasteiger partial charge is 0.122 e. The molecule has 1 aliphatic carbocycles. The molecule has 0 bridgehead atoms. The van der Waals surface area contributed by atoms with Gasteiger partial charge in [-0.05, 0) is 45.0 Å². The van der Waals surface area contributed by atoms with Crippen LogP contribution in [0.1, 0.15) is 43.2 Å². The van der Waals surface area contributed by atoms with Crippen LogP contribution in [-0.2, 0) is 11.8 Å². The average Bonchev–Trinajstić information content (AvgIpc) is 2.53. The maximum Gasteiger partial charge on any atom is 0.122 e. The number of hydrogen-bond acceptors (Lipinski definition) is 3. The topological polar surface area (TPSA) is 38.5 Å². The number of ether oxygens (including phenoxy) is 1. The van der Waals surface area contributed by atoms with Crippen LogP contribution in [0.25, 0.3) is 0 Å². The molecule has 3 nitrogen and oxygen atoms in total. The predicted octanol–water partition coefficient (Wildman–Crippen LogP) is 2.96. The third kappa shape index (κ3) is 3.78. The second-order valence-corrected chi connectivity index (χ2v) is 6.63. The van der Waals surface area contributed by atoms with Crippen LogP contribution in [0.3, 0.4) is 0 Å². The molecule has 0 heterocycles. The predicted molar refractivity (Wildman–Crippen MR) is 89.1 cm³/mol. The highest BCUT2D eigenvalue weighted by molar-refractivity contribution is 5.43. The van der Waals surface area contributed by atoms with Gasteiger partial charge >= 0.3 is 0 Å². The SMILES string of the molecule is COc1ccc(CCN(C)C)cc1C1(CN)CCCCC1. The molecular formula is C18H30N2O. The molecule has 0 atom stereocenters. The summed E-state index contributed by atoms with van der Waals surface area (Å²) in [6, 6.07) is 6.67. The van der Waals surface area contributed by atoms with E-state index >= 15 is 0 Å². The van der Waals surface area contributed by atoms with E-state index in [2.05, 4.69) is 37.2 Å². The van der Waals surface area contributed by atoms with E-state index in [1.54, 1.807) is 7.11 Å². The van der Waals surface area contributed by atoms with E-state index in [1.807, 2.05) is 0 Å². The molecule has 2 rings (SSSR count). The highest BCUT2D eigenvalue weighted by atomic mass is 16.5. The number of benzene rings is 1. The lowest BCUT2D eigenvalue weighted by atomic mass is 9.69. The second kappa shape index (κ2) is 7.28. The van der Waals surface area contributed by atoms with Crippen molar-refractivity contribution in [3.8, 4) is 5.75 Å². The number of rotatable bonds is 6. The van der Waals surface area contributed by atoms with Crippen LogP contribution in [0.2, 0.25) is 0 Å². The lowest BCUT2D eigenvalue weighted by Gasteiger charge is -2.38. The van der Waals surface area contributed by atoms with Gasteiger partial charge in [0, 0.05) is 24.1 Å². The molecule has 0 saturated heterocycles. The first-order chi connectivity index (χ1) is 10.1. The lowest BCUT2D eigenvalue weighted by molar-refractivity contribution is 0.287. The van der Waals surface area contributed by atoms with Crippen molar-refractivity contribution in [2.75, 3.05) is 34.3 Å². The molecule has 118 valence electrons. The first-order valence-electron chi connectivity index (χ1n) is 8.13. The maximum absolute atomic E-state index is 6.20. The van der Waals surface area contributed by atoms with Gasteiger partial charge in [0.2, 0.25) is 0 Å². The Balaban J connectivity index is 2.32. The van der Waals surface area contributed by atoms with Crippen molar-refractivity contribution >= 4 is 0 Å². The van der Waals surface area contributed by atoms with Gasteiger partial charge in [0.1, 0.15) is 5.75 Å².